The molecule has 0 saturated carbocycles. The van der Waals surface area contributed by atoms with E-state index in [2.05, 4.69) is 102 Å². The van der Waals surface area contributed by atoms with Gasteiger partial charge in [0.15, 0.2) is 0 Å². The molecule has 0 aromatic rings. The highest BCUT2D eigenvalue weighted by atomic mass is 28.4. The van der Waals surface area contributed by atoms with Gasteiger partial charge in [0.05, 0.1) is 12.4 Å². The quantitative estimate of drug-likeness (QED) is 0.264. The van der Waals surface area contributed by atoms with Crippen molar-refractivity contribution in [2.24, 2.45) is 11.8 Å². The van der Waals surface area contributed by atoms with Crippen molar-refractivity contribution in [1.82, 2.24) is 0 Å². The van der Waals surface area contributed by atoms with Crippen molar-refractivity contribution in [3.63, 3.8) is 0 Å². The topological polar surface area (TPSA) is 18.5 Å². The van der Waals surface area contributed by atoms with Crippen LogP contribution < -0.4 is 0 Å². The molecule has 2 atom stereocenters. The second kappa shape index (κ2) is 10.1. The first-order chi connectivity index (χ1) is 12.0. The van der Waals surface area contributed by atoms with E-state index in [0.717, 1.165) is 0 Å². The minimum absolute atomic E-state index is 0.226. The van der Waals surface area contributed by atoms with Crippen LogP contribution in [0.25, 0.3) is 0 Å². The summed E-state index contributed by atoms with van der Waals surface area (Å²) in [5, 5.41) is 0.226. The van der Waals surface area contributed by atoms with Crippen molar-refractivity contribution in [2.75, 3.05) is 0 Å². The Balaban J connectivity index is 5.52. The molecule has 27 heavy (non-hydrogen) atoms. The van der Waals surface area contributed by atoms with Gasteiger partial charge in [-0.1, -0.05) is 83.1 Å². The lowest BCUT2D eigenvalue weighted by atomic mass is 9.95. The van der Waals surface area contributed by atoms with Crippen molar-refractivity contribution in [3.8, 4) is 0 Å². The first-order valence-electron chi connectivity index (χ1n) is 11.0. The highest BCUT2D eigenvalue weighted by molar-refractivity contribution is 6.77. The molecule has 0 spiro atoms. The molecule has 162 valence electrons. The number of hydrogen-bond donors (Lipinski definition) is 0. The Labute approximate surface area is 173 Å². The lowest BCUT2D eigenvalue weighted by Crippen LogP contribution is -2.52. The van der Waals surface area contributed by atoms with Gasteiger partial charge in [-0.15, -0.1) is 0 Å². The molecule has 0 bridgehead atoms. The summed E-state index contributed by atoms with van der Waals surface area (Å²) in [6, 6.07) is 0. The van der Waals surface area contributed by atoms with Crippen LogP contribution in [0.15, 0.2) is 12.3 Å². The van der Waals surface area contributed by atoms with Crippen LogP contribution in [0.5, 0.6) is 0 Å². The zero-order valence-corrected chi connectivity index (χ0v) is 22.9. The number of hydrogen-bond acceptors (Lipinski definition) is 2. The van der Waals surface area contributed by atoms with Gasteiger partial charge in [0.2, 0.25) is 16.6 Å². The van der Waals surface area contributed by atoms with E-state index in [0.29, 0.717) is 28.5 Å². The zero-order chi connectivity index (χ0) is 21.8. The van der Waals surface area contributed by atoms with E-state index in [4.69, 9.17) is 8.85 Å². The van der Waals surface area contributed by atoms with Crippen molar-refractivity contribution in [2.45, 2.75) is 124 Å². The first kappa shape index (κ1) is 26.9. The Morgan fingerprint density at radius 2 is 1.15 bits per heavy atom. The van der Waals surface area contributed by atoms with E-state index >= 15 is 0 Å². The summed E-state index contributed by atoms with van der Waals surface area (Å²) in [5.41, 5.74) is 1.83. The largest absolute Gasteiger partial charge is 0.549 e. The minimum atomic E-state index is -1.89. The molecule has 0 amide bonds. The molecule has 0 aliphatic rings. The number of rotatable bonds is 10. The molecule has 4 heteroatoms. The van der Waals surface area contributed by atoms with Crippen LogP contribution in [-0.2, 0) is 8.85 Å². The summed E-state index contributed by atoms with van der Waals surface area (Å²) in [6.07, 6.45) is 4.46. The molecule has 0 aromatic carbocycles. The van der Waals surface area contributed by atoms with Crippen LogP contribution in [0, 0.1) is 11.8 Å². The molecule has 0 aliphatic heterocycles. The predicted octanol–water partition coefficient (Wildman–Crippen LogP) is 8.37. The highest BCUT2D eigenvalue weighted by Crippen LogP contribution is 2.44. The molecule has 0 unspecified atom stereocenters. The fraction of sp³-hybridized carbons (Fsp3) is 0.913. The predicted molar refractivity (Wildman–Crippen MR) is 127 cm³/mol. The van der Waals surface area contributed by atoms with Crippen LogP contribution in [0.4, 0.5) is 0 Å². The van der Waals surface area contributed by atoms with Crippen molar-refractivity contribution in [1.29, 1.82) is 0 Å². The van der Waals surface area contributed by atoms with Gasteiger partial charge in [0.25, 0.3) is 0 Å². The minimum Gasteiger partial charge on any atom is -0.549 e. The van der Waals surface area contributed by atoms with Gasteiger partial charge in [0.1, 0.15) is 0 Å². The molecule has 0 radical (unpaired) electrons. The Morgan fingerprint density at radius 1 is 0.741 bits per heavy atom. The van der Waals surface area contributed by atoms with Gasteiger partial charge in [-0.3, -0.25) is 0 Å². The molecule has 0 N–H and O–H groups in total. The summed E-state index contributed by atoms with van der Waals surface area (Å²) >= 11 is 0. The molecule has 0 rings (SSSR count). The maximum absolute atomic E-state index is 7.14. The van der Waals surface area contributed by atoms with Gasteiger partial charge in [0, 0.05) is 5.92 Å². The van der Waals surface area contributed by atoms with Crippen LogP contribution in [-0.4, -0.2) is 22.7 Å². The van der Waals surface area contributed by atoms with Crippen LogP contribution in [0.1, 0.15) is 83.1 Å². The molecule has 0 aliphatic carbocycles. The average Bonchev–Trinajstić information content (AvgIpc) is 2.44. The molecular formula is C23H50O2Si2. The van der Waals surface area contributed by atoms with Gasteiger partial charge < -0.3 is 8.85 Å². The van der Waals surface area contributed by atoms with E-state index in [1.165, 1.54) is 0 Å². The third kappa shape index (κ3) is 6.74. The zero-order valence-electron chi connectivity index (χ0n) is 20.9. The Morgan fingerprint density at radius 3 is 1.44 bits per heavy atom. The van der Waals surface area contributed by atoms with E-state index in [1.54, 1.807) is 0 Å². The fourth-order valence-corrected chi connectivity index (χ4v) is 10.7. The van der Waals surface area contributed by atoms with Crippen molar-refractivity contribution >= 4 is 16.6 Å². The lowest BCUT2D eigenvalue weighted by Gasteiger charge is -2.46. The Kier molecular flexibility index (Phi) is 10.1. The summed E-state index contributed by atoms with van der Waals surface area (Å²) in [6.45, 7) is 32.5. The SMILES string of the molecule is CC(C)[C@@H](O[Si](C(C)C)(C(C)C)C(C)C)[C@@H](C)/C=C\O[Si](C)(C)C(C)(C)C. The van der Waals surface area contributed by atoms with Crippen LogP contribution in [0.2, 0.25) is 34.8 Å². The van der Waals surface area contributed by atoms with Gasteiger partial charge in [-0.25, -0.2) is 0 Å². The maximum atomic E-state index is 7.14. The summed E-state index contributed by atoms with van der Waals surface area (Å²) in [4.78, 5) is 0. The second-order valence-corrected chi connectivity index (χ2v) is 21.4. The fourth-order valence-electron chi connectivity index (χ4n) is 4.11. The van der Waals surface area contributed by atoms with Gasteiger partial charge in [-0.2, -0.15) is 0 Å². The molecule has 0 aromatic heterocycles. The smallest absolute Gasteiger partial charge is 0.249 e. The van der Waals surface area contributed by atoms with E-state index in [-0.39, 0.29) is 11.1 Å². The summed E-state index contributed by atoms with van der Waals surface area (Å²) < 4.78 is 13.4. The molecule has 0 saturated heterocycles. The summed E-state index contributed by atoms with van der Waals surface area (Å²) in [7, 11) is -3.64. The second-order valence-electron chi connectivity index (χ2n) is 11.2. The van der Waals surface area contributed by atoms with Crippen molar-refractivity contribution in [3.05, 3.63) is 12.3 Å². The third-order valence-corrected chi connectivity index (χ3v) is 17.2. The highest BCUT2D eigenvalue weighted by Gasteiger charge is 2.47. The molecular weight excluding hydrogens is 364 g/mol. The Hall–Kier alpha value is -0.0662. The standard InChI is InChI=1S/C23H50O2Si2/c1-17(2)22(25-27(18(3)4,19(5)6)20(7)8)21(9)15-16-24-26(13,14)23(10,11)12/h15-22H,1-14H3/b16-15-/t21-,22+/m0/s1. The van der Waals surface area contributed by atoms with E-state index in [1.807, 2.05) is 6.26 Å². The molecule has 0 heterocycles. The first-order valence-corrected chi connectivity index (χ1v) is 16.1. The van der Waals surface area contributed by atoms with Crippen LogP contribution >= 0.6 is 0 Å². The molecule has 2 nitrogen and oxygen atoms in total. The molecule has 0 fully saturated rings. The van der Waals surface area contributed by atoms with Gasteiger partial charge in [-0.05, 0) is 46.7 Å². The van der Waals surface area contributed by atoms with Crippen molar-refractivity contribution < 1.29 is 8.85 Å². The Bertz CT molecular complexity index is 438. The third-order valence-electron chi connectivity index (χ3n) is 6.77. The maximum Gasteiger partial charge on any atom is 0.249 e. The van der Waals surface area contributed by atoms with E-state index in [9.17, 15) is 0 Å². The van der Waals surface area contributed by atoms with E-state index < -0.39 is 16.6 Å². The van der Waals surface area contributed by atoms with Gasteiger partial charge >= 0.3 is 0 Å². The summed E-state index contributed by atoms with van der Waals surface area (Å²) in [5.74, 6) is 0.832. The lowest BCUT2D eigenvalue weighted by molar-refractivity contribution is 0.0948. The monoisotopic (exact) mass is 414 g/mol. The normalized spacial score (nSPS) is 16.8. The average molecular weight is 415 g/mol. The van der Waals surface area contributed by atoms with Crippen LogP contribution in [0.3, 0.4) is 0 Å².